The molecular formula is C14H15Cl3N2O2. The van der Waals surface area contributed by atoms with Crippen LogP contribution < -0.4 is 5.32 Å². The predicted molar refractivity (Wildman–Crippen MR) is 84.2 cm³/mol. The van der Waals surface area contributed by atoms with Crippen molar-refractivity contribution in [3.05, 3.63) is 27.2 Å². The van der Waals surface area contributed by atoms with Crippen LogP contribution in [0, 0.1) is 5.92 Å². The minimum atomic E-state index is -0.582. The van der Waals surface area contributed by atoms with E-state index in [9.17, 15) is 9.90 Å². The lowest BCUT2D eigenvalue weighted by Crippen LogP contribution is -2.64. The first kappa shape index (κ1) is 15.4. The molecular weight excluding hydrogens is 335 g/mol. The molecule has 114 valence electrons. The zero-order valence-corrected chi connectivity index (χ0v) is 13.5. The Morgan fingerprint density at radius 2 is 1.86 bits per heavy atom. The van der Waals surface area contributed by atoms with Gasteiger partial charge in [-0.1, -0.05) is 34.8 Å². The average Bonchev–Trinajstić information content (AvgIpc) is 3.18. The van der Waals surface area contributed by atoms with Gasteiger partial charge >= 0.3 is 0 Å². The molecule has 3 rings (SSSR count). The zero-order valence-electron chi connectivity index (χ0n) is 11.2. The molecule has 0 unspecified atom stereocenters. The molecule has 1 heterocycles. The molecule has 1 saturated heterocycles. The number of halogens is 3. The summed E-state index contributed by atoms with van der Waals surface area (Å²) in [6, 6.07) is 3.03. The Morgan fingerprint density at radius 3 is 2.48 bits per heavy atom. The van der Waals surface area contributed by atoms with Gasteiger partial charge in [-0.15, -0.1) is 0 Å². The Kier molecular flexibility index (Phi) is 4.10. The zero-order chi connectivity index (χ0) is 15.2. The fourth-order valence-corrected chi connectivity index (χ4v) is 3.32. The fourth-order valence-electron chi connectivity index (χ4n) is 2.73. The number of carbonyl (C=O) groups is 1. The number of nitrogens with zero attached hydrogens (tertiary/aromatic N) is 1. The lowest BCUT2D eigenvalue weighted by atomic mass is 9.89. The van der Waals surface area contributed by atoms with E-state index in [1.807, 2.05) is 4.90 Å². The van der Waals surface area contributed by atoms with Crippen molar-refractivity contribution in [1.82, 2.24) is 4.90 Å². The minimum absolute atomic E-state index is 0.187. The highest BCUT2D eigenvalue weighted by atomic mass is 35.5. The van der Waals surface area contributed by atoms with E-state index >= 15 is 0 Å². The van der Waals surface area contributed by atoms with Crippen LogP contribution in [0.4, 0.5) is 5.69 Å². The lowest BCUT2D eigenvalue weighted by molar-refractivity contribution is -0.132. The van der Waals surface area contributed by atoms with Crippen molar-refractivity contribution in [2.24, 2.45) is 5.92 Å². The van der Waals surface area contributed by atoms with Gasteiger partial charge < -0.3 is 10.4 Å². The molecule has 21 heavy (non-hydrogen) atoms. The van der Waals surface area contributed by atoms with Gasteiger partial charge in [-0.05, 0) is 30.9 Å². The number of carbonyl (C=O) groups excluding carboxylic acids is 1. The molecule has 2 N–H and O–H groups in total. The van der Waals surface area contributed by atoms with Gasteiger partial charge in [0, 0.05) is 13.1 Å². The minimum Gasteiger partial charge on any atom is -0.387 e. The first-order chi connectivity index (χ1) is 9.87. The number of hydrogen-bond acceptors (Lipinski definition) is 3. The van der Waals surface area contributed by atoms with Gasteiger partial charge in [-0.3, -0.25) is 9.69 Å². The van der Waals surface area contributed by atoms with E-state index in [-0.39, 0.29) is 12.5 Å². The summed E-state index contributed by atoms with van der Waals surface area (Å²) >= 11 is 17.8. The second-order valence-electron chi connectivity index (χ2n) is 5.82. The maximum atomic E-state index is 12.0. The number of amides is 1. The standard InChI is InChI=1S/C14H15Cl3N2O2/c15-9-3-11(17)12(4-10(9)16)18-13(20)5-19-6-14(21,7-19)8-1-2-8/h3-4,8,21H,1-2,5-7H2,(H,18,20). The van der Waals surface area contributed by atoms with Crippen molar-refractivity contribution in [1.29, 1.82) is 0 Å². The van der Waals surface area contributed by atoms with Crippen molar-refractivity contribution in [3.63, 3.8) is 0 Å². The van der Waals surface area contributed by atoms with Crippen molar-refractivity contribution >= 4 is 46.4 Å². The van der Waals surface area contributed by atoms with Crippen molar-refractivity contribution in [3.8, 4) is 0 Å². The summed E-state index contributed by atoms with van der Waals surface area (Å²) in [7, 11) is 0. The smallest absolute Gasteiger partial charge is 0.238 e. The highest BCUT2D eigenvalue weighted by Gasteiger charge is 2.51. The number of anilines is 1. The summed E-state index contributed by atoms with van der Waals surface area (Å²) in [4.78, 5) is 13.9. The second-order valence-corrected chi connectivity index (χ2v) is 7.04. The maximum Gasteiger partial charge on any atom is 0.238 e. The summed E-state index contributed by atoms with van der Waals surface area (Å²) in [5, 5.41) is 13.9. The van der Waals surface area contributed by atoms with Gasteiger partial charge in [0.25, 0.3) is 0 Å². The van der Waals surface area contributed by atoms with Gasteiger partial charge in [-0.25, -0.2) is 0 Å². The van der Waals surface area contributed by atoms with Crippen molar-refractivity contribution in [2.75, 3.05) is 25.0 Å². The number of aliphatic hydroxyl groups is 1. The summed E-state index contributed by atoms with van der Waals surface area (Å²) in [5.41, 5.74) is -0.143. The SMILES string of the molecule is O=C(CN1CC(O)(C2CC2)C1)Nc1cc(Cl)c(Cl)cc1Cl. The van der Waals surface area contributed by atoms with Crippen LogP contribution in [0.5, 0.6) is 0 Å². The van der Waals surface area contributed by atoms with Gasteiger partial charge in [0.15, 0.2) is 0 Å². The van der Waals surface area contributed by atoms with E-state index in [0.717, 1.165) is 12.8 Å². The first-order valence-electron chi connectivity index (χ1n) is 6.76. The van der Waals surface area contributed by atoms with Crippen LogP contribution in [0.3, 0.4) is 0 Å². The molecule has 1 aromatic rings. The summed E-state index contributed by atoms with van der Waals surface area (Å²) in [6.45, 7) is 1.34. The number of rotatable bonds is 4. The summed E-state index contributed by atoms with van der Waals surface area (Å²) < 4.78 is 0. The maximum absolute atomic E-state index is 12.0. The summed E-state index contributed by atoms with van der Waals surface area (Å²) in [6.07, 6.45) is 2.19. The number of hydrogen-bond donors (Lipinski definition) is 2. The molecule has 4 nitrogen and oxygen atoms in total. The van der Waals surface area contributed by atoms with E-state index in [1.54, 1.807) is 0 Å². The second kappa shape index (κ2) is 5.60. The normalized spacial score (nSPS) is 21.0. The van der Waals surface area contributed by atoms with Gasteiger partial charge in [0.05, 0.1) is 32.9 Å². The number of benzene rings is 1. The molecule has 2 fully saturated rings. The van der Waals surface area contributed by atoms with Crippen LogP contribution in [0.15, 0.2) is 12.1 Å². The molecule has 0 aromatic heterocycles. The van der Waals surface area contributed by atoms with Gasteiger partial charge in [0.1, 0.15) is 0 Å². The van der Waals surface area contributed by atoms with Gasteiger partial charge in [0.2, 0.25) is 5.91 Å². The van der Waals surface area contributed by atoms with Gasteiger partial charge in [-0.2, -0.15) is 0 Å². The van der Waals surface area contributed by atoms with Crippen LogP contribution in [0.25, 0.3) is 0 Å². The Balaban J connectivity index is 1.54. The molecule has 2 aliphatic rings. The molecule has 0 bridgehead atoms. The van der Waals surface area contributed by atoms with Crippen LogP contribution >= 0.6 is 34.8 Å². The summed E-state index contributed by atoms with van der Waals surface area (Å²) in [5.74, 6) is 0.231. The number of nitrogens with one attached hydrogen (secondary N) is 1. The van der Waals surface area contributed by atoms with Crippen molar-refractivity contribution < 1.29 is 9.90 Å². The molecule has 1 amide bonds. The Bertz CT molecular complexity index is 584. The van der Waals surface area contributed by atoms with E-state index in [4.69, 9.17) is 34.8 Å². The Hall–Kier alpha value is -0.520. The largest absolute Gasteiger partial charge is 0.387 e. The van der Waals surface area contributed by atoms with E-state index in [0.29, 0.717) is 39.8 Å². The quantitative estimate of drug-likeness (QED) is 0.822. The number of likely N-dealkylation sites (tertiary alicyclic amines) is 1. The molecule has 1 aliphatic carbocycles. The third-order valence-electron chi connectivity index (χ3n) is 3.98. The average molecular weight is 350 g/mol. The van der Waals surface area contributed by atoms with Crippen molar-refractivity contribution in [2.45, 2.75) is 18.4 Å². The molecule has 0 radical (unpaired) electrons. The van der Waals surface area contributed by atoms with Crippen LogP contribution in [-0.4, -0.2) is 41.1 Å². The van der Waals surface area contributed by atoms with E-state index in [1.165, 1.54) is 12.1 Å². The van der Waals surface area contributed by atoms with E-state index in [2.05, 4.69) is 5.32 Å². The van der Waals surface area contributed by atoms with Crippen LogP contribution in [0.2, 0.25) is 15.1 Å². The molecule has 0 spiro atoms. The van der Waals surface area contributed by atoms with E-state index < -0.39 is 5.60 Å². The molecule has 1 saturated carbocycles. The molecule has 7 heteroatoms. The lowest BCUT2D eigenvalue weighted by Gasteiger charge is -2.46. The predicted octanol–water partition coefficient (Wildman–Crippen LogP) is 3.04. The highest BCUT2D eigenvalue weighted by molar-refractivity contribution is 6.44. The third-order valence-corrected chi connectivity index (χ3v) is 5.02. The van der Waals surface area contributed by atoms with Crippen LogP contribution in [0.1, 0.15) is 12.8 Å². The molecule has 1 aliphatic heterocycles. The molecule has 1 aromatic carbocycles. The molecule has 0 atom stereocenters. The Labute approximate surface area is 138 Å². The van der Waals surface area contributed by atoms with Crippen LogP contribution in [-0.2, 0) is 4.79 Å². The highest BCUT2D eigenvalue weighted by Crippen LogP contribution is 2.44. The fraction of sp³-hybridized carbons (Fsp3) is 0.500. The first-order valence-corrected chi connectivity index (χ1v) is 7.90. The number of β-amino-alcohol motifs (C(OH)–C–C–N with tert-alkyl or cyclic N) is 1. The topological polar surface area (TPSA) is 52.6 Å². The Morgan fingerprint density at radius 1 is 1.24 bits per heavy atom. The monoisotopic (exact) mass is 348 g/mol. The third kappa shape index (κ3) is 3.30.